The van der Waals surface area contributed by atoms with E-state index in [0.29, 0.717) is 16.5 Å². The molecule has 1 aliphatic rings. The van der Waals surface area contributed by atoms with E-state index in [2.05, 4.69) is 11.1 Å². The molecular formula is C14H13F3N2S. The molecule has 6 heteroatoms. The predicted molar refractivity (Wildman–Crippen MR) is 73.0 cm³/mol. The zero-order valence-corrected chi connectivity index (χ0v) is 11.6. The van der Waals surface area contributed by atoms with Gasteiger partial charge in [-0.3, -0.25) is 0 Å². The average molecular weight is 298 g/mol. The van der Waals surface area contributed by atoms with Crippen LogP contribution in [0.15, 0.2) is 30.5 Å². The molecule has 0 bridgehead atoms. The molecule has 1 heterocycles. The molecule has 0 saturated heterocycles. The highest BCUT2D eigenvalue weighted by atomic mass is 32.1. The molecule has 0 fully saturated rings. The van der Waals surface area contributed by atoms with Gasteiger partial charge in [0.25, 0.3) is 0 Å². The van der Waals surface area contributed by atoms with Crippen molar-refractivity contribution in [2.45, 2.75) is 25.1 Å². The minimum Gasteiger partial charge on any atom is -0.344 e. The van der Waals surface area contributed by atoms with E-state index in [-0.39, 0.29) is 6.04 Å². The number of halogens is 3. The van der Waals surface area contributed by atoms with Gasteiger partial charge in [0.15, 0.2) is 5.13 Å². The number of rotatable bonds is 2. The number of benzene rings is 1. The molecule has 0 amide bonds. The van der Waals surface area contributed by atoms with E-state index in [1.54, 1.807) is 0 Å². The Morgan fingerprint density at radius 1 is 1.30 bits per heavy atom. The van der Waals surface area contributed by atoms with Crippen molar-refractivity contribution in [2.75, 3.05) is 11.9 Å². The van der Waals surface area contributed by atoms with Crippen LogP contribution in [-0.4, -0.2) is 12.0 Å². The molecule has 1 unspecified atom stereocenters. The number of thiazole rings is 1. The molecule has 2 aromatic rings. The molecule has 1 aromatic carbocycles. The van der Waals surface area contributed by atoms with E-state index >= 15 is 0 Å². The van der Waals surface area contributed by atoms with Gasteiger partial charge in [0.2, 0.25) is 0 Å². The average Bonchev–Trinajstić information content (AvgIpc) is 3.04. The van der Waals surface area contributed by atoms with Gasteiger partial charge in [0.1, 0.15) is 4.88 Å². The van der Waals surface area contributed by atoms with Crippen LogP contribution < -0.4 is 4.90 Å². The minimum atomic E-state index is -4.32. The first-order valence-electron chi connectivity index (χ1n) is 6.30. The maximum atomic E-state index is 12.6. The summed E-state index contributed by atoms with van der Waals surface area (Å²) in [6.07, 6.45) is -1.53. The number of hydrogen-bond acceptors (Lipinski definition) is 3. The van der Waals surface area contributed by atoms with Crippen molar-refractivity contribution >= 4 is 16.5 Å². The van der Waals surface area contributed by atoms with E-state index < -0.39 is 11.1 Å². The third-order valence-corrected chi connectivity index (χ3v) is 4.78. The molecule has 2 nitrogen and oxygen atoms in total. The lowest BCUT2D eigenvalue weighted by Crippen LogP contribution is -2.21. The summed E-state index contributed by atoms with van der Waals surface area (Å²) in [5.41, 5.74) is 2.47. The van der Waals surface area contributed by atoms with Crippen molar-refractivity contribution in [3.8, 4) is 0 Å². The maximum Gasteiger partial charge on any atom is 0.427 e. The fourth-order valence-corrected chi connectivity index (χ4v) is 3.42. The quantitative estimate of drug-likeness (QED) is 0.822. The lowest BCUT2D eigenvalue weighted by atomic mass is 10.1. The van der Waals surface area contributed by atoms with Gasteiger partial charge in [-0.05, 0) is 24.0 Å². The smallest absolute Gasteiger partial charge is 0.344 e. The number of hydrogen-bond donors (Lipinski definition) is 0. The summed E-state index contributed by atoms with van der Waals surface area (Å²) >= 11 is 0.699. The lowest BCUT2D eigenvalue weighted by molar-refractivity contribution is -0.134. The molecule has 0 N–H and O–H groups in total. The highest BCUT2D eigenvalue weighted by Crippen LogP contribution is 2.41. The fourth-order valence-electron chi connectivity index (χ4n) is 2.63. The summed E-state index contributed by atoms with van der Waals surface area (Å²) in [4.78, 5) is 5.13. The zero-order chi connectivity index (χ0) is 14.3. The molecule has 106 valence electrons. The summed E-state index contributed by atoms with van der Waals surface area (Å²) in [7, 11) is 1.81. The topological polar surface area (TPSA) is 16.1 Å². The lowest BCUT2D eigenvalue weighted by Gasteiger charge is -2.24. The van der Waals surface area contributed by atoms with Crippen LogP contribution in [-0.2, 0) is 12.6 Å². The number of fused-ring (bicyclic) bond motifs is 1. The van der Waals surface area contributed by atoms with E-state index in [4.69, 9.17) is 0 Å². The van der Waals surface area contributed by atoms with Crippen LogP contribution in [0.2, 0.25) is 0 Å². The van der Waals surface area contributed by atoms with Gasteiger partial charge in [-0.1, -0.05) is 35.6 Å². The second kappa shape index (κ2) is 4.77. The van der Waals surface area contributed by atoms with Crippen LogP contribution in [0.3, 0.4) is 0 Å². The second-order valence-electron chi connectivity index (χ2n) is 4.87. The van der Waals surface area contributed by atoms with Gasteiger partial charge >= 0.3 is 6.18 Å². The SMILES string of the molecule is CN(c1ncc(C(F)(F)F)s1)C1CCc2ccccc21. The molecule has 1 atom stereocenters. The van der Waals surface area contributed by atoms with Gasteiger partial charge in [0, 0.05) is 7.05 Å². The Kier molecular flexibility index (Phi) is 3.20. The van der Waals surface area contributed by atoms with Crippen molar-refractivity contribution in [1.82, 2.24) is 4.98 Å². The number of anilines is 1. The van der Waals surface area contributed by atoms with Crippen LogP contribution >= 0.6 is 11.3 Å². The summed E-state index contributed by atoms with van der Waals surface area (Å²) < 4.78 is 37.9. The van der Waals surface area contributed by atoms with E-state index in [1.807, 2.05) is 30.1 Å². The van der Waals surface area contributed by atoms with Gasteiger partial charge in [-0.25, -0.2) is 4.98 Å². The Balaban J connectivity index is 1.87. The normalized spacial score (nSPS) is 18.1. The Morgan fingerprint density at radius 3 is 2.75 bits per heavy atom. The molecule has 0 radical (unpaired) electrons. The Labute approximate surface area is 118 Å². The third kappa shape index (κ3) is 2.28. The largest absolute Gasteiger partial charge is 0.427 e. The molecule has 0 saturated carbocycles. The number of aromatic nitrogens is 1. The first-order valence-corrected chi connectivity index (χ1v) is 7.12. The Bertz CT molecular complexity index is 621. The van der Waals surface area contributed by atoms with Crippen LogP contribution in [0, 0.1) is 0 Å². The number of nitrogens with zero attached hydrogens (tertiary/aromatic N) is 2. The van der Waals surface area contributed by atoms with Crippen molar-refractivity contribution in [3.05, 3.63) is 46.5 Å². The Morgan fingerprint density at radius 2 is 2.05 bits per heavy atom. The van der Waals surface area contributed by atoms with Crippen molar-refractivity contribution in [2.24, 2.45) is 0 Å². The van der Waals surface area contributed by atoms with Crippen molar-refractivity contribution in [3.63, 3.8) is 0 Å². The predicted octanol–water partition coefficient (Wildman–Crippen LogP) is 4.29. The van der Waals surface area contributed by atoms with E-state index in [1.165, 1.54) is 11.1 Å². The minimum absolute atomic E-state index is 0.110. The standard InChI is InChI=1S/C14H13F3N2S/c1-19(13-18-8-12(20-13)14(15,16)17)11-7-6-9-4-2-3-5-10(9)11/h2-5,8,11H,6-7H2,1H3. The number of aryl methyl sites for hydroxylation is 1. The summed E-state index contributed by atoms with van der Waals surface area (Å²) in [6, 6.07) is 8.19. The first-order chi connectivity index (χ1) is 9.47. The van der Waals surface area contributed by atoms with Gasteiger partial charge in [0.05, 0.1) is 12.2 Å². The molecule has 0 spiro atoms. The Hall–Kier alpha value is -1.56. The molecule has 1 aliphatic carbocycles. The zero-order valence-electron chi connectivity index (χ0n) is 10.8. The highest BCUT2D eigenvalue weighted by molar-refractivity contribution is 7.15. The van der Waals surface area contributed by atoms with Crippen molar-refractivity contribution in [1.29, 1.82) is 0 Å². The first kappa shape index (κ1) is 13.4. The monoisotopic (exact) mass is 298 g/mol. The third-order valence-electron chi connectivity index (χ3n) is 3.64. The van der Waals surface area contributed by atoms with E-state index in [9.17, 15) is 13.2 Å². The van der Waals surface area contributed by atoms with Gasteiger partial charge in [-0.2, -0.15) is 13.2 Å². The molecule has 1 aromatic heterocycles. The summed E-state index contributed by atoms with van der Waals surface area (Å²) in [5.74, 6) is 0. The number of alkyl halides is 3. The molecule has 20 heavy (non-hydrogen) atoms. The van der Waals surface area contributed by atoms with Crippen LogP contribution in [0.25, 0.3) is 0 Å². The molecular weight excluding hydrogens is 285 g/mol. The molecule has 3 rings (SSSR count). The molecule has 0 aliphatic heterocycles. The fraction of sp³-hybridized carbons (Fsp3) is 0.357. The second-order valence-corrected chi connectivity index (χ2v) is 5.88. The van der Waals surface area contributed by atoms with Crippen LogP contribution in [0.5, 0.6) is 0 Å². The van der Waals surface area contributed by atoms with Gasteiger partial charge < -0.3 is 4.90 Å². The van der Waals surface area contributed by atoms with Gasteiger partial charge in [-0.15, -0.1) is 0 Å². The summed E-state index contributed by atoms with van der Waals surface area (Å²) in [6.45, 7) is 0. The maximum absolute atomic E-state index is 12.6. The highest BCUT2D eigenvalue weighted by Gasteiger charge is 2.35. The van der Waals surface area contributed by atoms with E-state index in [0.717, 1.165) is 19.0 Å². The van der Waals surface area contributed by atoms with Crippen LogP contribution in [0.4, 0.5) is 18.3 Å². The van der Waals surface area contributed by atoms with Crippen LogP contribution in [0.1, 0.15) is 28.5 Å². The summed E-state index contributed by atoms with van der Waals surface area (Å²) in [5, 5.41) is 0.416. The van der Waals surface area contributed by atoms with Crippen molar-refractivity contribution < 1.29 is 13.2 Å².